The molecule has 0 radical (unpaired) electrons. The highest BCUT2D eigenvalue weighted by Gasteiger charge is 2.31. The van der Waals surface area contributed by atoms with E-state index in [-0.39, 0.29) is 5.56 Å². The lowest BCUT2D eigenvalue weighted by molar-refractivity contribution is -0.137. The maximum absolute atomic E-state index is 12.4. The van der Waals surface area contributed by atoms with Crippen LogP contribution in [-0.2, 0) is 20.8 Å². The number of esters is 1. The Hall–Kier alpha value is -2.42. The average molecular weight is 373 g/mol. The van der Waals surface area contributed by atoms with Crippen LogP contribution in [0.1, 0.15) is 21.5 Å². The van der Waals surface area contributed by atoms with E-state index in [9.17, 15) is 26.4 Å². The van der Waals surface area contributed by atoms with Crippen LogP contribution in [0.2, 0.25) is 0 Å². The number of nitrogens with zero attached hydrogens (tertiary/aromatic N) is 1. The number of carbonyl (C=O) groups is 1. The smallest absolute Gasteiger partial charge is 0.417 e. The van der Waals surface area contributed by atoms with E-state index in [4.69, 9.17) is 4.74 Å². The number of halogens is 3. The average Bonchev–Trinajstić information content (AvgIpc) is 2.54. The summed E-state index contributed by atoms with van der Waals surface area (Å²) < 4.78 is 66.3. The Bertz CT molecular complexity index is 844. The van der Waals surface area contributed by atoms with E-state index in [1.165, 1.54) is 0 Å². The van der Waals surface area contributed by atoms with Crippen molar-refractivity contribution < 1.29 is 31.1 Å². The van der Waals surface area contributed by atoms with E-state index in [0.29, 0.717) is 12.3 Å². The highest BCUT2D eigenvalue weighted by Crippen LogP contribution is 2.28. The van der Waals surface area contributed by atoms with Crippen molar-refractivity contribution in [3.63, 3.8) is 0 Å². The number of ether oxygens (including phenoxy) is 1. The number of sulfone groups is 1. The molecule has 1 aromatic carbocycles. The molecule has 0 aliphatic rings. The van der Waals surface area contributed by atoms with Gasteiger partial charge in [-0.25, -0.2) is 18.2 Å². The van der Waals surface area contributed by atoms with E-state index in [2.05, 4.69) is 4.98 Å². The number of hydrogen-bond acceptors (Lipinski definition) is 5. The Balaban J connectivity index is 1.97. The van der Waals surface area contributed by atoms with Crippen molar-refractivity contribution in [3.05, 3.63) is 59.3 Å². The van der Waals surface area contributed by atoms with Crippen molar-refractivity contribution >= 4 is 15.8 Å². The molecule has 0 unspecified atom stereocenters. The topological polar surface area (TPSA) is 73.3 Å². The van der Waals surface area contributed by atoms with Crippen LogP contribution in [-0.4, -0.2) is 31.7 Å². The van der Waals surface area contributed by atoms with E-state index in [1.54, 1.807) is 24.3 Å². The van der Waals surface area contributed by atoms with Gasteiger partial charge < -0.3 is 4.74 Å². The molecule has 0 fully saturated rings. The molecule has 0 aliphatic carbocycles. The van der Waals surface area contributed by atoms with Crippen molar-refractivity contribution in [3.8, 4) is 0 Å². The Morgan fingerprint density at radius 2 is 1.76 bits per heavy atom. The van der Waals surface area contributed by atoms with Crippen molar-refractivity contribution in [2.45, 2.75) is 18.1 Å². The van der Waals surface area contributed by atoms with E-state index in [1.807, 2.05) is 6.92 Å². The summed E-state index contributed by atoms with van der Waals surface area (Å²) in [5.41, 5.74) is 0.181. The minimum atomic E-state index is -4.60. The third kappa shape index (κ3) is 5.02. The molecule has 25 heavy (non-hydrogen) atoms. The first kappa shape index (κ1) is 18.9. The highest BCUT2D eigenvalue weighted by atomic mass is 32.2. The van der Waals surface area contributed by atoms with Crippen LogP contribution < -0.4 is 0 Å². The van der Waals surface area contributed by atoms with Gasteiger partial charge in [0.1, 0.15) is 6.61 Å². The Labute approximate surface area is 142 Å². The van der Waals surface area contributed by atoms with Gasteiger partial charge in [0, 0.05) is 6.20 Å². The van der Waals surface area contributed by atoms with Gasteiger partial charge in [0.05, 0.1) is 16.9 Å². The molecule has 0 N–H and O–H groups in total. The lowest BCUT2D eigenvalue weighted by Gasteiger charge is -2.08. The third-order valence-electron chi connectivity index (χ3n) is 3.25. The molecule has 9 heteroatoms. The molecule has 0 atom stereocenters. The standard InChI is InChI=1S/C16H14F3NO4S/c1-11-2-4-12(5-3-11)15(21)24-8-9-25(22,23)14-7-6-13(10-20-14)16(17,18)19/h2-7,10H,8-9H2,1H3. The molecule has 0 spiro atoms. The largest absolute Gasteiger partial charge is 0.461 e. The summed E-state index contributed by atoms with van der Waals surface area (Å²) >= 11 is 0. The van der Waals surface area contributed by atoms with Gasteiger partial charge in [0.15, 0.2) is 14.9 Å². The minimum Gasteiger partial charge on any atom is -0.461 e. The maximum atomic E-state index is 12.4. The molecule has 5 nitrogen and oxygen atoms in total. The van der Waals surface area contributed by atoms with Crippen molar-refractivity contribution in [1.29, 1.82) is 0 Å². The number of benzene rings is 1. The van der Waals surface area contributed by atoms with Crippen LogP contribution in [0.3, 0.4) is 0 Å². The Morgan fingerprint density at radius 1 is 1.12 bits per heavy atom. The lowest BCUT2D eigenvalue weighted by atomic mass is 10.1. The molecular weight excluding hydrogens is 359 g/mol. The monoisotopic (exact) mass is 373 g/mol. The number of rotatable bonds is 5. The molecule has 0 saturated heterocycles. The normalized spacial score (nSPS) is 12.0. The number of hydrogen-bond donors (Lipinski definition) is 0. The molecule has 2 rings (SSSR count). The fourth-order valence-electron chi connectivity index (χ4n) is 1.85. The SMILES string of the molecule is Cc1ccc(C(=O)OCCS(=O)(=O)c2ccc(C(F)(F)F)cn2)cc1. The van der Waals surface area contributed by atoms with Gasteiger partial charge in [-0.05, 0) is 31.2 Å². The fourth-order valence-corrected chi connectivity index (χ4v) is 2.85. The van der Waals surface area contributed by atoms with Gasteiger partial charge >= 0.3 is 12.1 Å². The van der Waals surface area contributed by atoms with Crippen molar-refractivity contribution in [2.24, 2.45) is 0 Å². The zero-order valence-corrected chi connectivity index (χ0v) is 13.9. The molecule has 0 aliphatic heterocycles. The number of carbonyl (C=O) groups excluding carboxylic acids is 1. The molecule has 2 aromatic rings. The number of pyridine rings is 1. The van der Waals surface area contributed by atoms with Gasteiger partial charge in [-0.1, -0.05) is 17.7 Å². The first-order chi connectivity index (χ1) is 11.6. The highest BCUT2D eigenvalue weighted by molar-refractivity contribution is 7.91. The second-order valence-electron chi connectivity index (χ2n) is 5.20. The van der Waals surface area contributed by atoms with Gasteiger partial charge in [-0.2, -0.15) is 13.2 Å². The van der Waals surface area contributed by atoms with Crippen LogP contribution in [0.4, 0.5) is 13.2 Å². The zero-order chi connectivity index (χ0) is 18.7. The van der Waals surface area contributed by atoms with E-state index >= 15 is 0 Å². The van der Waals surface area contributed by atoms with Gasteiger partial charge in [0.25, 0.3) is 0 Å². The van der Waals surface area contributed by atoms with Gasteiger partial charge in [0.2, 0.25) is 0 Å². The van der Waals surface area contributed by atoms with Crippen LogP contribution in [0.25, 0.3) is 0 Å². The summed E-state index contributed by atoms with van der Waals surface area (Å²) in [6, 6.07) is 7.92. The number of alkyl halides is 3. The lowest BCUT2D eigenvalue weighted by Crippen LogP contribution is -2.17. The molecule has 0 amide bonds. The summed E-state index contributed by atoms with van der Waals surface area (Å²) in [7, 11) is -3.96. The fraction of sp³-hybridized carbons (Fsp3) is 0.250. The van der Waals surface area contributed by atoms with Crippen LogP contribution in [0, 0.1) is 6.92 Å². The van der Waals surface area contributed by atoms with Crippen LogP contribution in [0.5, 0.6) is 0 Å². The minimum absolute atomic E-state index is 0.274. The second kappa shape index (κ2) is 7.22. The summed E-state index contributed by atoms with van der Waals surface area (Å²) in [4.78, 5) is 15.1. The summed E-state index contributed by atoms with van der Waals surface area (Å²) in [6.45, 7) is 1.41. The summed E-state index contributed by atoms with van der Waals surface area (Å²) in [6.07, 6.45) is -4.15. The van der Waals surface area contributed by atoms with Gasteiger partial charge in [-0.3, -0.25) is 0 Å². The number of aryl methyl sites for hydroxylation is 1. The quantitative estimate of drug-likeness (QED) is 0.754. The summed E-state index contributed by atoms with van der Waals surface area (Å²) in [5.74, 6) is -1.27. The predicted octanol–water partition coefficient (Wildman–Crippen LogP) is 3.04. The molecule has 1 heterocycles. The van der Waals surface area contributed by atoms with Crippen LogP contribution in [0.15, 0.2) is 47.6 Å². The molecular formula is C16H14F3NO4S. The maximum Gasteiger partial charge on any atom is 0.417 e. The van der Waals surface area contributed by atoms with Crippen molar-refractivity contribution in [1.82, 2.24) is 4.98 Å². The summed E-state index contributed by atoms with van der Waals surface area (Å²) in [5, 5.41) is -0.508. The molecule has 0 saturated carbocycles. The third-order valence-corrected chi connectivity index (χ3v) is 4.84. The first-order valence-electron chi connectivity index (χ1n) is 7.09. The molecule has 0 bridgehead atoms. The Kier molecular flexibility index (Phi) is 5.46. The van der Waals surface area contributed by atoms with E-state index < -0.39 is 44.9 Å². The second-order valence-corrected chi connectivity index (χ2v) is 7.26. The van der Waals surface area contributed by atoms with Gasteiger partial charge in [-0.15, -0.1) is 0 Å². The van der Waals surface area contributed by atoms with E-state index in [0.717, 1.165) is 11.6 Å². The molecule has 1 aromatic heterocycles. The van der Waals surface area contributed by atoms with Crippen molar-refractivity contribution in [2.75, 3.05) is 12.4 Å². The zero-order valence-electron chi connectivity index (χ0n) is 13.1. The molecule has 134 valence electrons. The first-order valence-corrected chi connectivity index (χ1v) is 8.74. The van der Waals surface area contributed by atoms with Crippen LogP contribution >= 0.6 is 0 Å². The Morgan fingerprint density at radius 3 is 2.28 bits per heavy atom. The number of aromatic nitrogens is 1. The predicted molar refractivity (Wildman–Crippen MR) is 82.8 cm³/mol.